The summed E-state index contributed by atoms with van der Waals surface area (Å²) in [5.74, 6) is -0.136. The van der Waals surface area contributed by atoms with Gasteiger partial charge in [-0.15, -0.1) is 0 Å². The topological polar surface area (TPSA) is 67.8 Å². The zero-order valence-electron chi connectivity index (χ0n) is 19.6. The number of nitrogens with one attached hydrogen (secondary N) is 1. The Morgan fingerprint density at radius 2 is 1.76 bits per heavy atom. The van der Waals surface area contributed by atoms with E-state index in [2.05, 4.69) is 15.1 Å². The maximum atomic E-state index is 14.2. The van der Waals surface area contributed by atoms with Gasteiger partial charge < -0.3 is 14.2 Å². The maximum absolute atomic E-state index is 14.2. The van der Waals surface area contributed by atoms with Crippen LogP contribution in [0.2, 0.25) is 0 Å². The molecule has 3 aromatic carbocycles. The molecule has 0 fully saturated rings. The van der Waals surface area contributed by atoms with Crippen LogP contribution in [-0.4, -0.2) is 15.1 Å². The average Bonchev–Trinajstić information content (AvgIpc) is 3.57. The summed E-state index contributed by atoms with van der Waals surface area (Å²) in [5, 5.41) is 4.20. The lowest BCUT2D eigenvalue weighted by atomic mass is 10.1. The summed E-state index contributed by atoms with van der Waals surface area (Å²) in [5.41, 5.74) is 4.15. The van der Waals surface area contributed by atoms with Crippen LogP contribution in [0.25, 0.3) is 33.7 Å². The Labute approximate surface area is 210 Å². The number of hydrogen-bond acceptors (Lipinski definition) is 4. The minimum atomic E-state index is -0.931. The Bertz CT molecular complexity index is 1680. The number of nitrogens with zero attached hydrogens (tertiary/aromatic N) is 3. The van der Waals surface area contributed by atoms with Crippen molar-refractivity contribution in [2.24, 2.45) is 0 Å². The van der Waals surface area contributed by atoms with Crippen LogP contribution in [0, 0.1) is 11.6 Å². The van der Waals surface area contributed by atoms with E-state index in [1.54, 1.807) is 6.07 Å². The van der Waals surface area contributed by atoms with Crippen molar-refractivity contribution in [3.8, 4) is 28.4 Å². The molecule has 0 amide bonds. The van der Waals surface area contributed by atoms with Gasteiger partial charge in [0.25, 0.3) is 0 Å². The summed E-state index contributed by atoms with van der Waals surface area (Å²) in [7, 11) is 0. The molecule has 6 aromatic rings. The third kappa shape index (κ3) is 4.81. The van der Waals surface area contributed by atoms with Crippen LogP contribution in [0.4, 0.5) is 8.78 Å². The molecular weight excluding hydrogens is 474 g/mol. The molecule has 6 nitrogen and oxygen atoms in total. The summed E-state index contributed by atoms with van der Waals surface area (Å²) >= 11 is 0. The van der Waals surface area contributed by atoms with E-state index < -0.39 is 11.6 Å². The first-order valence-electron chi connectivity index (χ1n) is 11.7. The van der Waals surface area contributed by atoms with Crippen LogP contribution in [-0.2, 0) is 13.2 Å². The van der Waals surface area contributed by atoms with Crippen molar-refractivity contribution in [2.75, 3.05) is 0 Å². The van der Waals surface area contributed by atoms with Crippen molar-refractivity contribution < 1.29 is 22.6 Å². The molecule has 0 spiro atoms. The Morgan fingerprint density at radius 1 is 0.919 bits per heavy atom. The fourth-order valence-corrected chi connectivity index (χ4v) is 4.08. The second-order valence-electron chi connectivity index (χ2n) is 8.58. The molecule has 0 aliphatic rings. The van der Waals surface area contributed by atoms with Crippen molar-refractivity contribution in [2.45, 2.75) is 13.2 Å². The fraction of sp³-hybridized carbons (Fsp3) is 0.0690. The van der Waals surface area contributed by atoms with Crippen molar-refractivity contribution in [3.63, 3.8) is 0 Å². The largest absolute Gasteiger partial charge is 0.489 e. The van der Waals surface area contributed by atoms with Crippen molar-refractivity contribution >= 4 is 11.0 Å². The van der Waals surface area contributed by atoms with E-state index in [-0.39, 0.29) is 11.4 Å². The van der Waals surface area contributed by atoms with Gasteiger partial charge in [-0.3, -0.25) is 0 Å². The van der Waals surface area contributed by atoms with Gasteiger partial charge in [0, 0.05) is 17.7 Å². The second-order valence-corrected chi connectivity index (χ2v) is 8.58. The van der Waals surface area contributed by atoms with E-state index in [1.165, 1.54) is 12.1 Å². The first kappa shape index (κ1) is 22.6. The Kier molecular flexibility index (Phi) is 5.90. The number of benzene rings is 3. The highest BCUT2D eigenvalue weighted by molar-refractivity contribution is 5.77. The number of ether oxygens (including phenoxy) is 1. The molecular formula is C29H21F2N4O2+. The number of aromatic nitrogens is 4. The van der Waals surface area contributed by atoms with Crippen LogP contribution in [0.5, 0.6) is 5.75 Å². The zero-order valence-corrected chi connectivity index (χ0v) is 19.6. The molecule has 0 saturated carbocycles. The first-order valence-corrected chi connectivity index (χ1v) is 11.7. The summed E-state index contributed by atoms with van der Waals surface area (Å²) in [6.07, 6.45) is 3.68. The summed E-state index contributed by atoms with van der Waals surface area (Å²) in [4.78, 5) is 7.46. The highest BCUT2D eigenvalue weighted by Gasteiger charge is 2.16. The average molecular weight is 496 g/mol. The molecule has 0 atom stereocenters. The molecule has 182 valence electrons. The number of aromatic amines is 1. The van der Waals surface area contributed by atoms with Gasteiger partial charge in [0.1, 0.15) is 34.9 Å². The van der Waals surface area contributed by atoms with Crippen molar-refractivity contribution in [3.05, 3.63) is 120 Å². The normalized spacial score (nSPS) is 11.2. The van der Waals surface area contributed by atoms with E-state index >= 15 is 0 Å². The minimum Gasteiger partial charge on any atom is -0.489 e. The lowest BCUT2D eigenvalue weighted by Gasteiger charge is -2.06. The van der Waals surface area contributed by atoms with Gasteiger partial charge in [0.2, 0.25) is 12.3 Å². The SMILES string of the molecule is Fc1cccc(-c2nc3cc[n+](Cc4cc(-c5ccc(OCc6ccccc6)cc5)no4)cc3[nH]2)c1F. The Balaban J connectivity index is 1.15. The van der Waals surface area contributed by atoms with Crippen LogP contribution in [0.3, 0.4) is 0 Å². The van der Waals surface area contributed by atoms with Gasteiger partial charge in [-0.05, 0) is 42.0 Å². The predicted molar refractivity (Wildman–Crippen MR) is 133 cm³/mol. The van der Waals surface area contributed by atoms with Gasteiger partial charge in [0.15, 0.2) is 24.0 Å². The Hall–Kier alpha value is -4.85. The molecule has 0 aliphatic carbocycles. The smallest absolute Gasteiger partial charge is 0.208 e. The van der Waals surface area contributed by atoms with Gasteiger partial charge in [-0.25, -0.2) is 13.8 Å². The summed E-state index contributed by atoms with van der Waals surface area (Å²) in [6, 6.07) is 25.4. The molecule has 6 rings (SSSR count). The molecule has 3 aromatic heterocycles. The third-order valence-corrected chi connectivity index (χ3v) is 5.98. The number of pyridine rings is 1. The quantitative estimate of drug-likeness (QED) is 0.273. The summed E-state index contributed by atoms with van der Waals surface area (Å²) in [6.45, 7) is 0.939. The minimum absolute atomic E-state index is 0.0825. The van der Waals surface area contributed by atoms with Gasteiger partial charge in [0.05, 0.1) is 5.56 Å². The number of imidazole rings is 1. The standard InChI is InChI=1S/C29H20F2N4O2/c30-24-8-4-7-23(28(24)31)29-32-25-13-14-35(17-27(25)33-29)16-22-15-26(34-37-22)20-9-11-21(12-10-20)36-18-19-5-2-1-3-6-19/h1-15,17H,16,18H2/p+1. The van der Waals surface area contributed by atoms with E-state index in [9.17, 15) is 8.78 Å². The maximum Gasteiger partial charge on any atom is 0.208 e. The molecule has 3 heterocycles. The second kappa shape index (κ2) is 9.66. The predicted octanol–water partition coefficient (Wildman–Crippen LogP) is 6.08. The van der Waals surface area contributed by atoms with Gasteiger partial charge in [-0.2, -0.15) is 4.57 Å². The first-order chi connectivity index (χ1) is 18.1. The molecule has 0 bridgehead atoms. The number of H-pyrrole nitrogens is 1. The molecule has 0 radical (unpaired) electrons. The lowest BCUT2D eigenvalue weighted by Crippen LogP contribution is -2.32. The van der Waals surface area contributed by atoms with Crippen molar-refractivity contribution in [1.82, 2.24) is 15.1 Å². The van der Waals surface area contributed by atoms with Crippen LogP contribution in [0.1, 0.15) is 11.3 Å². The van der Waals surface area contributed by atoms with Gasteiger partial charge in [-0.1, -0.05) is 41.6 Å². The highest BCUT2D eigenvalue weighted by Crippen LogP contribution is 2.25. The van der Waals surface area contributed by atoms with Gasteiger partial charge >= 0.3 is 0 Å². The monoisotopic (exact) mass is 495 g/mol. The third-order valence-electron chi connectivity index (χ3n) is 5.98. The van der Waals surface area contributed by atoms with Crippen LogP contribution >= 0.6 is 0 Å². The number of hydrogen-bond donors (Lipinski definition) is 1. The molecule has 37 heavy (non-hydrogen) atoms. The van der Waals surface area contributed by atoms with Crippen LogP contribution < -0.4 is 9.30 Å². The zero-order chi connectivity index (χ0) is 25.2. The van der Waals surface area contributed by atoms with E-state index in [4.69, 9.17) is 9.26 Å². The molecule has 0 aliphatic heterocycles. The lowest BCUT2D eigenvalue weighted by molar-refractivity contribution is -0.688. The van der Waals surface area contributed by atoms with E-state index in [0.29, 0.717) is 29.9 Å². The van der Waals surface area contributed by atoms with Crippen LogP contribution in [0.15, 0.2) is 102 Å². The Morgan fingerprint density at radius 3 is 2.59 bits per heavy atom. The molecule has 0 unspecified atom stereocenters. The highest BCUT2D eigenvalue weighted by atomic mass is 19.2. The number of halogens is 2. The fourth-order valence-electron chi connectivity index (χ4n) is 4.08. The number of fused-ring (bicyclic) bond motifs is 1. The molecule has 8 heteroatoms. The summed E-state index contributed by atoms with van der Waals surface area (Å²) < 4.78 is 41.1. The number of rotatable bonds is 7. The molecule has 0 saturated heterocycles. The van der Waals surface area contributed by atoms with E-state index in [0.717, 1.165) is 28.6 Å². The van der Waals surface area contributed by atoms with Crippen molar-refractivity contribution in [1.29, 1.82) is 0 Å². The molecule has 1 N–H and O–H groups in total. The van der Waals surface area contributed by atoms with E-state index in [1.807, 2.05) is 77.6 Å².